The van der Waals surface area contributed by atoms with E-state index >= 15 is 0 Å². The van der Waals surface area contributed by atoms with Gasteiger partial charge < -0.3 is 14.4 Å². The van der Waals surface area contributed by atoms with Crippen LogP contribution in [-0.4, -0.2) is 31.7 Å². The Hall–Kier alpha value is -3.31. The second-order valence-electron chi connectivity index (χ2n) is 7.45. The molecule has 5 heteroatoms. The number of para-hydroxylation sites is 2. The maximum absolute atomic E-state index is 6.13. The highest BCUT2D eigenvalue weighted by atomic mass is 16.8. The highest BCUT2D eigenvalue weighted by molar-refractivity contribution is 5.86. The maximum Gasteiger partial charge on any atom is 0.226 e. The third-order valence-corrected chi connectivity index (χ3v) is 5.34. The van der Waals surface area contributed by atoms with Gasteiger partial charge in [-0.1, -0.05) is 36.4 Å². The first kappa shape index (κ1) is 20.9. The van der Waals surface area contributed by atoms with Crippen LogP contribution in [0.3, 0.4) is 0 Å². The number of rotatable bonds is 9. The van der Waals surface area contributed by atoms with E-state index in [1.54, 1.807) is 0 Å². The van der Waals surface area contributed by atoms with Gasteiger partial charge in [0.2, 0.25) is 6.29 Å². The van der Waals surface area contributed by atoms with Crippen LogP contribution in [0.1, 0.15) is 26.3 Å². The second kappa shape index (κ2) is 9.67. The Morgan fingerprint density at radius 3 is 1.97 bits per heavy atom. The molecule has 1 aliphatic rings. The Kier molecular flexibility index (Phi) is 6.53. The number of hydrogen-bond donors (Lipinski definition) is 0. The van der Waals surface area contributed by atoms with Crippen LogP contribution in [0.5, 0.6) is 5.75 Å². The summed E-state index contributed by atoms with van der Waals surface area (Å²) in [6, 6.07) is 26.5. The lowest BCUT2D eigenvalue weighted by atomic mass is 10.1. The van der Waals surface area contributed by atoms with Crippen molar-refractivity contribution >= 4 is 23.3 Å². The minimum atomic E-state index is -0.196. The molecule has 0 N–H and O–H groups in total. The predicted octanol–water partition coefficient (Wildman–Crippen LogP) is 5.83. The molecule has 1 saturated heterocycles. The van der Waals surface area contributed by atoms with E-state index in [4.69, 9.17) is 14.6 Å². The Labute approximate surface area is 184 Å². The molecule has 5 nitrogen and oxygen atoms in total. The van der Waals surface area contributed by atoms with E-state index in [9.17, 15) is 0 Å². The summed E-state index contributed by atoms with van der Waals surface area (Å²) in [4.78, 5) is 2.30. The molecule has 0 spiro atoms. The van der Waals surface area contributed by atoms with E-state index in [2.05, 4.69) is 36.9 Å². The Morgan fingerprint density at radius 2 is 1.45 bits per heavy atom. The van der Waals surface area contributed by atoms with E-state index < -0.39 is 0 Å². The number of benzene rings is 3. The van der Waals surface area contributed by atoms with Gasteiger partial charge in [0.15, 0.2) is 0 Å². The molecule has 1 aliphatic heterocycles. The first-order valence-corrected chi connectivity index (χ1v) is 10.8. The minimum absolute atomic E-state index is 0.118. The average molecular weight is 416 g/mol. The van der Waals surface area contributed by atoms with Crippen LogP contribution < -0.4 is 14.6 Å². The van der Waals surface area contributed by atoms with Gasteiger partial charge >= 0.3 is 0 Å². The van der Waals surface area contributed by atoms with Crippen LogP contribution in [0, 0.1) is 0 Å². The molecule has 0 saturated carbocycles. The zero-order valence-corrected chi connectivity index (χ0v) is 18.3. The Balaban J connectivity index is 1.68. The molecule has 2 unspecified atom stereocenters. The normalized spacial score (nSPS) is 17.5. The summed E-state index contributed by atoms with van der Waals surface area (Å²) in [7, 11) is 0. The number of anilines is 3. The number of epoxide rings is 1. The molecule has 31 heavy (non-hydrogen) atoms. The maximum atomic E-state index is 6.13. The molecule has 0 aromatic heterocycles. The fraction of sp³-hybridized carbons (Fsp3) is 0.269. The molecule has 4 rings (SSSR count). The number of ether oxygens (including phenoxy) is 2. The van der Waals surface area contributed by atoms with Gasteiger partial charge in [-0.2, -0.15) is 5.10 Å². The van der Waals surface area contributed by atoms with E-state index in [0.717, 1.165) is 41.5 Å². The SMILES string of the molecule is CCN(CC)c1ccc(C=NN(c2ccccc2)c2ccccc2)c(OC2OC2C)c1. The van der Waals surface area contributed by atoms with Gasteiger partial charge in [-0.15, -0.1) is 0 Å². The highest BCUT2D eigenvalue weighted by Gasteiger charge is 2.37. The second-order valence-corrected chi connectivity index (χ2v) is 7.45. The van der Waals surface area contributed by atoms with Gasteiger partial charge in [-0.3, -0.25) is 0 Å². The summed E-state index contributed by atoms with van der Waals surface area (Å²) < 4.78 is 11.6. The molecular formula is C26H29N3O2. The van der Waals surface area contributed by atoms with Crippen molar-refractivity contribution in [3.8, 4) is 5.75 Å². The molecule has 1 fully saturated rings. The van der Waals surface area contributed by atoms with Crippen molar-refractivity contribution in [3.63, 3.8) is 0 Å². The van der Waals surface area contributed by atoms with Crippen LogP contribution in [0.15, 0.2) is 84.0 Å². The third-order valence-electron chi connectivity index (χ3n) is 5.34. The van der Waals surface area contributed by atoms with Crippen LogP contribution in [-0.2, 0) is 4.74 Å². The lowest BCUT2D eigenvalue weighted by molar-refractivity contribution is 0.178. The van der Waals surface area contributed by atoms with Crippen molar-refractivity contribution in [2.24, 2.45) is 5.10 Å². The van der Waals surface area contributed by atoms with Gasteiger partial charge in [-0.25, -0.2) is 5.01 Å². The first-order chi connectivity index (χ1) is 15.2. The van der Waals surface area contributed by atoms with Crippen molar-refractivity contribution in [2.45, 2.75) is 33.2 Å². The number of nitrogens with zero attached hydrogens (tertiary/aromatic N) is 3. The molecule has 0 amide bonds. The van der Waals surface area contributed by atoms with Crippen molar-refractivity contribution in [3.05, 3.63) is 84.4 Å². The van der Waals surface area contributed by atoms with E-state index in [1.165, 1.54) is 0 Å². The predicted molar refractivity (Wildman–Crippen MR) is 128 cm³/mol. The van der Waals surface area contributed by atoms with Gasteiger partial charge in [0.05, 0.1) is 17.6 Å². The summed E-state index contributed by atoms with van der Waals surface area (Å²) in [5.41, 5.74) is 4.03. The number of hydrazone groups is 1. The largest absolute Gasteiger partial charge is 0.461 e. The van der Waals surface area contributed by atoms with Gasteiger partial charge in [0.25, 0.3) is 0 Å². The molecule has 3 aromatic carbocycles. The molecule has 0 bridgehead atoms. The summed E-state index contributed by atoms with van der Waals surface area (Å²) in [5, 5.41) is 6.76. The lowest BCUT2D eigenvalue weighted by Gasteiger charge is -2.22. The van der Waals surface area contributed by atoms with Gasteiger partial charge in [0, 0.05) is 30.4 Å². The first-order valence-electron chi connectivity index (χ1n) is 10.8. The van der Waals surface area contributed by atoms with Crippen LogP contribution in [0.2, 0.25) is 0 Å². The standard InChI is InChI=1S/C26H29N3O2/c1-4-28(5-2)24-17-16-21(25(18-24)31-26-20(3)30-26)19-27-29(22-12-8-6-9-13-22)23-14-10-7-11-15-23/h6-20,26H,4-5H2,1-3H3. The molecule has 0 radical (unpaired) electrons. The van der Waals surface area contributed by atoms with Gasteiger partial charge in [-0.05, 0) is 57.2 Å². The zero-order valence-electron chi connectivity index (χ0n) is 18.3. The zero-order chi connectivity index (χ0) is 21.6. The summed E-state index contributed by atoms with van der Waals surface area (Å²) in [6.45, 7) is 8.20. The summed E-state index contributed by atoms with van der Waals surface area (Å²) in [6.07, 6.45) is 1.78. The minimum Gasteiger partial charge on any atom is -0.461 e. The lowest BCUT2D eigenvalue weighted by Crippen LogP contribution is -2.22. The fourth-order valence-corrected chi connectivity index (χ4v) is 3.47. The molecule has 2 atom stereocenters. The van der Waals surface area contributed by atoms with E-state index in [1.807, 2.05) is 78.8 Å². The summed E-state index contributed by atoms with van der Waals surface area (Å²) in [5.74, 6) is 0.781. The molecule has 0 aliphatic carbocycles. The summed E-state index contributed by atoms with van der Waals surface area (Å²) >= 11 is 0. The average Bonchev–Trinajstić information content (AvgIpc) is 3.51. The molecular weight excluding hydrogens is 386 g/mol. The van der Waals surface area contributed by atoms with E-state index in [0.29, 0.717) is 0 Å². The quantitative estimate of drug-likeness (QED) is 0.250. The molecule has 3 aromatic rings. The van der Waals surface area contributed by atoms with Crippen molar-refractivity contribution in [1.82, 2.24) is 0 Å². The number of hydrogen-bond acceptors (Lipinski definition) is 5. The Bertz CT molecular complexity index is 964. The fourth-order valence-electron chi connectivity index (χ4n) is 3.47. The van der Waals surface area contributed by atoms with Crippen LogP contribution >= 0.6 is 0 Å². The van der Waals surface area contributed by atoms with Crippen LogP contribution in [0.4, 0.5) is 17.1 Å². The third kappa shape index (κ3) is 5.06. The van der Waals surface area contributed by atoms with Crippen molar-refractivity contribution < 1.29 is 9.47 Å². The monoisotopic (exact) mass is 415 g/mol. The van der Waals surface area contributed by atoms with Crippen LogP contribution in [0.25, 0.3) is 0 Å². The van der Waals surface area contributed by atoms with Crippen molar-refractivity contribution in [2.75, 3.05) is 23.0 Å². The Morgan fingerprint density at radius 1 is 0.871 bits per heavy atom. The topological polar surface area (TPSA) is 40.6 Å². The molecule has 160 valence electrons. The van der Waals surface area contributed by atoms with E-state index in [-0.39, 0.29) is 12.4 Å². The van der Waals surface area contributed by atoms with Crippen molar-refractivity contribution in [1.29, 1.82) is 0 Å². The smallest absolute Gasteiger partial charge is 0.226 e. The molecule has 1 heterocycles. The highest BCUT2D eigenvalue weighted by Crippen LogP contribution is 2.32. The van der Waals surface area contributed by atoms with Gasteiger partial charge in [0.1, 0.15) is 11.9 Å².